The molecule has 0 saturated carbocycles. The van der Waals surface area contributed by atoms with E-state index in [0.717, 1.165) is 5.56 Å². The normalized spacial score (nSPS) is 11.9. The van der Waals surface area contributed by atoms with Gasteiger partial charge in [-0.05, 0) is 18.6 Å². The van der Waals surface area contributed by atoms with Crippen molar-refractivity contribution < 1.29 is 19.1 Å². The Morgan fingerprint density at radius 1 is 1.27 bits per heavy atom. The van der Waals surface area contributed by atoms with E-state index < -0.39 is 12.0 Å². The largest absolute Gasteiger partial charge is 0.480 e. The van der Waals surface area contributed by atoms with E-state index in [1.807, 2.05) is 30.3 Å². The number of carboxylic acids is 1. The van der Waals surface area contributed by atoms with E-state index >= 15 is 0 Å². The van der Waals surface area contributed by atoms with Gasteiger partial charge in [0.15, 0.2) is 0 Å². The molecule has 2 N–H and O–H groups in total. The third kappa shape index (κ3) is 4.15. The van der Waals surface area contributed by atoms with E-state index in [9.17, 15) is 9.59 Å². The Bertz CT molecular complexity index is 639. The Labute approximate surface area is 127 Å². The first-order valence-electron chi connectivity index (χ1n) is 7.00. The number of carboxylic acid groups (broad SMARTS) is 1. The van der Waals surface area contributed by atoms with Crippen molar-refractivity contribution in [1.29, 1.82) is 0 Å². The zero-order chi connectivity index (χ0) is 15.9. The van der Waals surface area contributed by atoms with E-state index in [-0.39, 0.29) is 18.7 Å². The molecular formula is C15H17N3O4. The molecule has 0 bridgehead atoms. The highest BCUT2D eigenvalue weighted by Gasteiger charge is 2.18. The number of aromatic nitrogens is 2. The maximum atomic E-state index is 11.7. The third-order valence-corrected chi connectivity index (χ3v) is 3.10. The number of carbonyl (C=O) groups is 2. The highest BCUT2D eigenvalue weighted by Crippen LogP contribution is 2.17. The molecule has 0 fully saturated rings. The second kappa shape index (κ2) is 7.35. The number of hydrogen-bond donors (Lipinski definition) is 2. The molecule has 0 spiro atoms. The number of hydrogen-bond acceptors (Lipinski definition) is 5. The predicted octanol–water partition coefficient (Wildman–Crippen LogP) is 1.65. The number of nitrogens with one attached hydrogen (secondary N) is 1. The molecule has 0 aliphatic carbocycles. The van der Waals surface area contributed by atoms with Gasteiger partial charge in [-0.25, -0.2) is 4.79 Å². The van der Waals surface area contributed by atoms with Crippen molar-refractivity contribution in [3.8, 4) is 11.5 Å². The smallest absolute Gasteiger partial charge is 0.326 e. The molecule has 1 heterocycles. The molecule has 0 aliphatic heterocycles. The highest BCUT2D eigenvalue weighted by molar-refractivity contribution is 5.83. The number of aryl methyl sites for hydroxylation is 1. The van der Waals surface area contributed by atoms with Crippen LogP contribution in [0, 0.1) is 0 Å². The minimum atomic E-state index is -1.04. The van der Waals surface area contributed by atoms with E-state index in [2.05, 4.69) is 15.5 Å². The summed E-state index contributed by atoms with van der Waals surface area (Å²) in [6.45, 7) is 1.70. The molecule has 1 aromatic heterocycles. The number of rotatable bonds is 7. The number of benzene rings is 1. The molecule has 0 aliphatic rings. The van der Waals surface area contributed by atoms with Gasteiger partial charge >= 0.3 is 5.97 Å². The van der Waals surface area contributed by atoms with Crippen molar-refractivity contribution >= 4 is 11.9 Å². The van der Waals surface area contributed by atoms with Gasteiger partial charge in [0.1, 0.15) is 6.04 Å². The lowest BCUT2D eigenvalue weighted by atomic mass is 10.2. The molecule has 7 heteroatoms. The molecule has 116 valence electrons. The van der Waals surface area contributed by atoms with Crippen LogP contribution in [0.1, 0.15) is 25.7 Å². The van der Waals surface area contributed by atoms with Gasteiger partial charge in [-0.2, -0.15) is 0 Å². The van der Waals surface area contributed by atoms with Crippen LogP contribution in [-0.2, 0) is 16.0 Å². The minimum Gasteiger partial charge on any atom is -0.480 e. The molecule has 0 saturated heterocycles. The maximum absolute atomic E-state index is 11.7. The van der Waals surface area contributed by atoms with Gasteiger partial charge in [-0.3, -0.25) is 4.79 Å². The average Bonchev–Trinajstić information content (AvgIpc) is 3.00. The molecule has 1 atom stereocenters. The second-order valence-electron chi connectivity index (χ2n) is 4.73. The first-order valence-corrected chi connectivity index (χ1v) is 7.00. The summed E-state index contributed by atoms with van der Waals surface area (Å²) < 4.78 is 5.48. The quantitative estimate of drug-likeness (QED) is 0.805. The average molecular weight is 303 g/mol. The predicted molar refractivity (Wildman–Crippen MR) is 77.9 cm³/mol. The van der Waals surface area contributed by atoms with Gasteiger partial charge in [0, 0.05) is 18.4 Å². The SMILES string of the molecule is CCC(NC(=O)CCc1nnc(-c2ccccc2)o1)C(=O)O. The summed E-state index contributed by atoms with van der Waals surface area (Å²) in [5, 5.41) is 19.1. The summed E-state index contributed by atoms with van der Waals surface area (Å²) in [4.78, 5) is 22.5. The second-order valence-corrected chi connectivity index (χ2v) is 4.73. The number of carbonyl (C=O) groups excluding carboxylic acids is 1. The molecule has 1 unspecified atom stereocenters. The topological polar surface area (TPSA) is 105 Å². The first kappa shape index (κ1) is 15.7. The van der Waals surface area contributed by atoms with Gasteiger partial charge in [-0.1, -0.05) is 25.1 Å². The molecule has 7 nitrogen and oxygen atoms in total. The molecule has 2 aromatic rings. The van der Waals surface area contributed by atoms with Crippen LogP contribution in [-0.4, -0.2) is 33.2 Å². The molecular weight excluding hydrogens is 286 g/mol. The summed E-state index contributed by atoms with van der Waals surface area (Å²) in [5.74, 6) is -0.654. The van der Waals surface area contributed by atoms with Gasteiger partial charge < -0.3 is 14.8 Å². The van der Waals surface area contributed by atoms with Crippen molar-refractivity contribution in [2.75, 3.05) is 0 Å². The lowest BCUT2D eigenvalue weighted by molar-refractivity contribution is -0.141. The Balaban J connectivity index is 1.89. The zero-order valence-electron chi connectivity index (χ0n) is 12.2. The van der Waals surface area contributed by atoms with Crippen molar-refractivity contribution in [3.05, 3.63) is 36.2 Å². The lowest BCUT2D eigenvalue weighted by Crippen LogP contribution is -2.40. The Morgan fingerprint density at radius 3 is 2.64 bits per heavy atom. The molecule has 2 rings (SSSR count). The van der Waals surface area contributed by atoms with E-state index in [1.165, 1.54) is 0 Å². The summed E-state index contributed by atoms with van der Waals surface area (Å²) in [7, 11) is 0. The zero-order valence-corrected chi connectivity index (χ0v) is 12.2. The number of aliphatic carboxylic acids is 1. The van der Waals surface area contributed by atoms with Crippen LogP contribution in [0.5, 0.6) is 0 Å². The standard InChI is InChI=1S/C15H17N3O4/c1-2-11(15(20)21)16-12(19)8-9-13-17-18-14(22-13)10-6-4-3-5-7-10/h3-7,11H,2,8-9H2,1H3,(H,16,19)(H,20,21). The fourth-order valence-electron chi connectivity index (χ4n) is 1.88. The Kier molecular flexibility index (Phi) is 5.24. The van der Waals surface area contributed by atoms with Crippen molar-refractivity contribution in [2.45, 2.75) is 32.2 Å². The van der Waals surface area contributed by atoms with Crippen molar-refractivity contribution in [2.24, 2.45) is 0 Å². The number of amides is 1. The number of nitrogens with zero attached hydrogens (tertiary/aromatic N) is 2. The van der Waals surface area contributed by atoms with E-state index in [1.54, 1.807) is 6.92 Å². The summed E-state index contributed by atoms with van der Waals surface area (Å²) >= 11 is 0. The van der Waals surface area contributed by atoms with Crippen LogP contribution in [0.25, 0.3) is 11.5 Å². The van der Waals surface area contributed by atoms with Crippen LogP contribution in [0.4, 0.5) is 0 Å². The monoisotopic (exact) mass is 303 g/mol. The summed E-state index contributed by atoms with van der Waals surface area (Å²) in [6.07, 6.45) is 0.696. The lowest BCUT2D eigenvalue weighted by Gasteiger charge is -2.11. The van der Waals surface area contributed by atoms with Crippen LogP contribution in [0.3, 0.4) is 0 Å². The molecule has 22 heavy (non-hydrogen) atoms. The van der Waals surface area contributed by atoms with Gasteiger partial charge in [0.05, 0.1) is 0 Å². The Morgan fingerprint density at radius 2 is 2.00 bits per heavy atom. The van der Waals surface area contributed by atoms with Crippen molar-refractivity contribution in [1.82, 2.24) is 15.5 Å². The molecule has 1 amide bonds. The Hall–Kier alpha value is -2.70. The molecule has 1 aromatic carbocycles. The van der Waals surface area contributed by atoms with Crippen LogP contribution < -0.4 is 5.32 Å². The van der Waals surface area contributed by atoms with Crippen LogP contribution in [0.15, 0.2) is 34.7 Å². The van der Waals surface area contributed by atoms with Gasteiger partial charge in [0.25, 0.3) is 0 Å². The van der Waals surface area contributed by atoms with Gasteiger partial charge in [-0.15, -0.1) is 10.2 Å². The summed E-state index contributed by atoms with van der Waals surface area (Å²) in [5.41, 5.74) is 0.808. The van der Waals surface area contributed by atoms with Crippen molar-refractivity contribution in [3.63, 3.8) is 0 Å². The fraction of sp³-hybridized carbons (Fsp3) is 0.333. The fourth-order valence-corrected chi connectivity index (χ4v) is 1.88. The first-order chi connectivity index (χ1) is 10.6. The van der Waals surface area contributed by atoms with Gasteiger partial charge in [0.2, 0.25) is 17.7 Å². The van der Waals surface area contributed by atoms with Crippen LogP contribution in [0.2, 0.25) is 0 Å². The third-order valence-electron chi connectivity index (χ3n) is 3.10. The van der Waals surface area contributed by atoms with Crippen LogP contribution >= 0.6 is 0 Å². The highest BCUT2D eigenvalue weighted by atomic mass is 16.4. The molecule has 0 radical (unpaired) electrons. The summed E-state index contributed by atoms with van der Waals surface area (Å²) in [6, 6.07) is 8.45. The van der Waals surface area contributed by atoms with E-state index in [0.29, 0.717) is 18.2 Å². The maximum Gasteiger partial charge on any atom is 0.326 e. The van der Waals surface area contributed by atoms with E-state index in [4.69, 9.17) is 9.52 Å². The minimum absolute atomic E-state index is 0.0974.